The Morgan fingerprint density at radius 3 is 2.65 bits per heavy atom. The Hall–Kier alpha value is -2.51. The Labute approximate surface area is 149 Å². The lowest BCUT2D eigenvalue weighted by molar-refractivity contribution is 0.0897. The maximum Gasteiger partial charge on any atom is 0.343 e. The standard InChI is InChI=1S/C18H22F2N4O2/c1-24-17(26)22-15(23-24)16(25)21-11-18(7-3-2-4-8-18)10-12-5-6-13(19)9-14(12)20/h5-6,9H,2-4,7-8,10-11H2,1H3,(H,21,25)(H,22,23,26). The van der Waals surface area contributed by atoms with E-state index in [1.165, 1.54) is 19.2 Å². The molecule has 1 fully saturated rings. The summed E-state index contributed by atoms with van der Waals surface area (Å²) in [7, 11) is 1.45. The molecule has 0 saturated heterocycles. The van der Waals surface area contributed by atoms with E-state index in [0.717, 1.165) is 42.9 Å². The van der Waals surface area contributed by atoms with Gasteiger partial charge in [0, 0.05) is 19.7 Å². The Bertz CT molecular complexity index is 853. The topological polar surface area (TPSA) is 79.8 Å². The number of halogens is 2. The Balaban J connectivity index is 1.74. The molecule has 2 N–H and O–H groups in total. The van der Waals surface area contributed by atoms with E-state index < -0.39 is 23.2 Å². The summed E-state index contributed by atoms with van der Waals surface area (Å²) >= 11 is 0. The average Bonchev–Trinajstić information content (AvgIpc) is 2.95. The molecule has 0 atom stereocenters. The van der Waals surface area contributed by atoms with Crippen molar-refractivity contribution < 1.29 is 13.6 Å². The molecule has 0 spiro atoms. The quantitative estimate of drug-likeness (QED) is 0.854. The fourth-order valence-electron chi connectivity index (χ4n) is 3.64. The molecule has 3 rings (SSSR count). The van der Waals surface area contributed by atoms with Crippen LogP contribution in [0.2, 0.25) is 0 Å². The summed E-state index contributed by atoms with van der Waals surface area (Å²) in [6.07, 6.45) is 5.23. The number of hydrogen-bond donors (Lipinski definition) is 2. The third kappa shape index (κ3) is 4.00. The van der Waals surface area contributed by atoms with E-state index in [1.807, 2.05) is 0 Å². The third-order valence-electron chi connectivity index (χ3n) is 5.10. The van der Waals surface area contributed by atoms with Crippen LogP contribution in [0.15, 0.2) is 23.0 Å². The van der Waals surface area contributed by atoms with Crippen LogP contribution < -0.4 is 11.0 Å². The van der Waals surface area contributed by atoms with Gasteiger partial charge in [0.2, 0.25) is 5.82 Å². The normalized spacial score (nSPS) is 16.4. The lowest BCUT2D eigenvalue weighted by Crippen LogP contribution is -2.41. The van der Waals surface area contributed by atoms with Gasteiger partial charge in [-0.05, 0) is 36.3 Å². The molecule has 1 aromatic heterocycles. The zero-order valence-electron chi connectivity index (χ0n) is 14.6. The fraction of sp³-hybridized carbons (Fsp3) is 0.500. The summed E-state index contributed by atoms with van der Waals surface area (Å²) in [5, 5.41) is 6.66. The fourth-order valence-corrected chi connectivity index (χ4v) is 3.64. The number of aromatic nitrogens is 3. The van der Waals surface area contributed by atoms with Gasteiger partial charge in [-0.2, -0.15) is 0 Å². The highest BCUT2D eigenvalue weighted by atomic mass is 19.1. The molecule has 8 heteroatoms. The largest absolute Gasteiger partial charge is 0.349 e. The Morgan fingerprint density at radius 1 is 1.31 bits per heavy atom. The van der Waals surface area contributed by atoms with E-state index in [2.05, 4.69) is 15.4 Å². The van der Waals surface area contributed by atoms with E-state index in [0.29, 0.717) is 18.5 Å². The van der Waals surface area contributed by atoms with Crippen molar-refractivity contribution in [2.75, 3.05) is 6.54 Å². The second kappa shape index (κ2) is 7.39. The lowest BCUT2D eigenvalue weighted by atomic mass is 9.70. The Morgan fingerprint density at radius 2 is 2.04 bits per heavy atom. The van der Waals surface area contributed by atoms with E-state index >= 15 is 0 Å². The SMILES string of the molecule is Cn1nc(C(=O)NCC2(Cc3ccc(F)cc3F)CCCCC2)[nH]c1=O. The summed E-state index contributed by atoms with van der Waals surface area (Å²) in [4.78, 5) is 26.1. The predicted octanol–water partition coefficient (Wildman–Crippen LogP) is 2.31. The van der Waals surface area contributed by atoms with Crippen molar-refractivity contribution in [2.45, 2.75) is 38.5 Å². The van der Waals surface area contributed by atoms with Gasteiger partial charge in [-0.3, -0.25) is 9.78 Å². The first-order valence-corrected chi connectivity index (χ1v) is 8.74. The highest BCUT2D eigenvalue weighted by molar-refractivity contribution is 5.90. The molecule has 140 valence electrons. The maximum absolute atomic E-state index is 14.1. The first kappa shape index (κ1) is 18.3. The molecule has 1 saturated carbocycles. The van der Waals surface area contributed by atoms with Crippen molar-refractivity contribution in [2.24, 2.45) is 12.5 Å². The molecule has 0 aliphatic heterocycles. The number of H-pyrrole nitrogens is 1. The molecular formula is C18H22F2N4O2. The number of amides is 1. The monoisotopic (exact) mass is 364 g/mol. The molecule has 1 aliphatic carbocycles. The van der Waals surface area contributed by atoms with Gasteiger partial charge in [-0.25, -0.2) is 18.3 Å². The van der Waals surface area contributed by atoms with Crippen molar-refractivity contribution >= 4 is 5.91 Å². The lowest BCUT2D eigenvalue weighted by Gasteiger charge is -2.37. The second-order valence-electron chi connectivity index (χ2n) is 7.06. The van der Waals surface area contributed by atoms with Gasteiger partial charge in [-0.1, -0.05) is 25.3 Å². The highest BCUT2D eigenvalue weighted by Crippen LogP contribution is 2.39. The smallest absolute Gasteiger partial charge is 0.343 e. The summed E-state index contributed by atoms with van der Waals surface area (Å²) in [5.41, 5.74) is -0.300. The molecule has 0 bridgehead atoms. The van der Waals surface area contributed by atoms with E-state index in [1.54, 1.807) is 0 Å². The zero-order valence-corrected chi connectivity index (χ0v) is 14.6. The molecule has 0 unspecified atom stereocenters. The van der Waals surface area contributed by atoms with Crippen LogP contribution >= 0.6 is 0 Å². The van der Waals surface area contributed by atoms with Gasteiger partial charge >= 0.3 is 5.69 Å². The van der Waals surface area contributed by atoms with Crippen molar-refractivity contribution in [1.29, 1.82) is 0 Å². The van der Waals surface area contributed by atoms with Crippen molar-refractivity contribution in [1.82, 2.24) is 20.1 Å². The van der Waals surface area contributed by atoms with Gasteiger partial charge < -0.3 is 5.32 Å². The first-order valence-electron chi connectivity index (χ1n) is 8.74. The Kier molecular flexibility index (Phi) is 5.20. The van der Waals surface area contributed by atoms with Crippen LogP contribution in [-0.4, -0.2) is 27.2 Å². The molecule has 1 aliphatic rings. The van der Waals surface area contributed by atoms with Gasteiger partial charge in [0.25, 0.3) is 5.91 Å². The van der Waals surface area contributed by atoms with E-state index in [9.17, 15) is 18.4 Å². The van der Waals surface area contributed by atoms with Crippen molar-refractivity contribution in [3.8, 4) is 0 Å². The van der Waals surface area contributed by atoms with Crippen molar-refractivity contribution in [3.05, 3.63) is 51.7 Å². The van der Waals surface area contributed by atoms with E-state index in [-0.39, 0.29) is 11.2 Å². The molecule has 2 aromatic rings. The molecule has 0 radical (unpaired) electrons. The third-order valence-corrected chi connectivity index (χ3v) is 5.10. The summed E-state index contributed by atoms with van der Waals surface area (Å²) < 4.78 is 28.3. The number of carbonyl (C=O) groups excluding carboxylic acids is 1. The summed E-state index contributed by atoms with van der Waals surface area (Å²) in [6, 6.07) is 3.62. The van der Waals surface area contributed by atoms with Gasteiger partial charge in [-0.15, -0.1) is 5.10 Å². The van der Waals surface area contributed by atoms with Gasteiger partial charge in [0.05, 0.1) is 0 Å². The average molecular weight is 364 g/mol. The van der Waals surface area contributed by atoms with Crippen LogP contribution in [0, 0.1) is 17.0 Å². The minimum absolute atomic E-state index is 0.0450. The number of carbonyl (C=O) groups is 1. The number of nitrogens with one attached hydrogen (secondary N) is 2. The second-order valence-corrected chi connectivity index (χ2v) is 7.06. The molecule has 1 aromatic carbocycles. The minimum atomic E-state index is -0.601. The van der Waals surface area contributed by atoms with Crippen LogP contribution in [0.3, 0.4) is 0 Å². The predicted molar refractivity (Wildman–Crippen MR) is 91.7 cm³/mol. The molecule has 6 nitrogen and oxygen atoms in total. The minimum Gasteiger partial charge on any atom is -0.349 e. The molecule has 26 heavy (non-hydrogen) atoms. The molecule has 1 amide bonds. The zero-order chi connectivity index (χ0) is 18.7. The molecule has 1 heterocycles. The van der Waals surface area contributed by atoms with Crippen LogP contribution in [0.5, 0.6) is 0 Å². The van der Waals surface area contributed by atoms with Gasteiger partial charge in [0.1, 0.15) is 11.6 Å². The number of hydrogen-bond acceptors (Lipinski definition) is 3. The first-order chi connectivity index (χ1) is 12.4. The number of nitrogens with zero attached hydrogens (tertiary/aromatic N) is 2. The molecular weight excluding hydrogens is 342 g/mol. The van der Waals surface area contributed by atoms with Crippen LogP contribution in [0.25, 0.3) is 0 Å². The van der Waals surface area contributed by atoms with Crippen molar-refractivity contribution in [3.63, 3.8) is 0 Å². The number of aryl methyl sites for hydroxylation is 1. The maximum atomic E-state index is 14.1. The summed E-state index contributed by atoms with van der Waals surface area (Å²) in [5.74, 6) is -1.67. The van der Waals surface area contributed by atoms with Crippen LogP contribution in [0.4, 0.5) is 8.78 Å². The number of benzene rings is 1. The summed E-state index contributed by atoms with van der Waals surface area (Å²) in [6.45, 7) is 0.348. The highest BCUT2D eigenvalue weighted by Gasteiger charge is 2.34. The van der Waals surface area contributed by atoms with Crippen LogP contribution in [0.1, 0.15) is 48.3 Å². The van der Waals surface area contributed by atoms with E-state index in [4.69, 9.17) is 0 Å². The number of aromatic amines is 1. The number of rotatable bonds is 5. The van der Waals surface area contributed by atoms with Gasteiger partial charge in [0.15, 0.2) is 0 Å². The van der Waals surface area contributed by atoms with Crippen LogP contribution in [-0.2, 0) is 13.5 Å².